The molecule has 0 radical (unpaired) electrons. The molecule has 2 aromatic rings. The van der Waals surface area contributed by atoms with Crippen LogP contribution in [-0.2, 0) is 11.0 Å². The van der Waals surface area contributed by atoms with Gasteiger partial charge in [0.25, 0.3) is 0 Å². The van der Waals surface area contributed by atoms with Gasteiger partial charge in [-0.2, -0.15) is 13.2 Å². The molecule has 1 N–H and O–H groups in total. The van der Waals surface area contributed by atoms with Gasteiger partial charge >= 0.3 is 6.18 Å². The van der Waals surface area contributed by atoms with Crippen molar-refractivity contribution in [3.63, 3.8) is 0 Å². The molecule has 23 heavy (non-hydrogen) atoms. The van der Waals surface area contributed by atoms with Gasteiger partial charge in [0.05, 0.1) is 10.8 Å². The van der Waals surface area contributed by atoms with E-state index in [9.17, 15) is 18.0 Å². The predicted octanol–water partition coefficient (Wildman–Crippen LogP) is 5.13. The van der Waals surface area contributed by atoms with Crippen molar-refractivity contribution in [3.8, 4) is 0 Å². The van der Waals surface area contributed by atoms with Crippen LogP contribution in [-0.4, -0.2) is 11.2 Å². The number of nitrogens with one attached hydrogen (secondary N) is 1. The average Bonchev–Trinajstić information content (AvgIpc) is 2.49. The van der Waals surface area contributed by atoms with Crippen LogP contribution < -0.4 is 5.32 Å². The van der Waals surface area contributed by atoms with Crippen LogP contribution in [0.4, 0.5) is 18.9 Å². The number of thioether (sulfide) groups is 1. The summed E-state index contributed by atoms with van der Waals surface area (Å²) < 4.78 is 38.0. The van der Waals surface area contributed by atoms with Gasteiger partial charge in [0.2, 0.25) is 5.91 Å². The highest BCUT2D eigenvalue weighted by atomic mass is 32.2. The first-order chi connectivity index (χ1) is 10.8. The van der Waals surface area contributed by atoms with E-state index in [1.807, 2.05) is 31.2 Å². The molecule has 0 aliphatic rings. The number of anilines is 1. The standard InChI is InChI=1S/C17H16F3NOS/c1-11-6-8-15(9-7-11)23-12(2)16(22)21-14-5-3-4-13(10-14)17(18,19)20/h3-10,12H,1-2H3,(H,21,22)/t12-/m0/s1. The van der Waals surface area contributed by atoms with Gasteiger partial charge in [-0.15, -0.1) is 11.8 Å². The van der Waals surface area contributed by atoms with Crippen LogP contribution in [0.25, 0.3) is 0 Å². The Balaban J connectivity index is 2.02. The number of halogens is 3. The van der Waals surface area contributed by atoms with Gasteiger partial charge in [-0.1, -0.05) is 23.8 Å². The zero-order valence-corrected chi connectivity index (χ0v) is 13.5. The second-order valence-corrected chi connectivity index (χ2v) is 6.56. The van der Waals surface area contributed by atoms with Crippen LogP contribution in [0, 0.1) is 6.92 Å². The average molecular weight is 339 g/mol. The van der Waals surface area contributed by atoms with Crippen molar-refractivity contribution in [2.45, 2.75) is 30.2 Å². The third kappa shape index (κ3) is 5.03. The molecule has 0 aliphatic carbocycles. The van der Waals surface area contributed by atoms with Gasteiger partial charge in [-0.05, 0) is 44.2 Å². The highest BCUT2D eigenvalue weighted by molar-refractivity contribution is 8.00. The predicted molar refractivity (Wildman–Crippen MR) is 86.6 cm³/mol. The quantitative estimate of drug-likeness (QED) is 0.782. The lowest BCUT2D eigenvalue weighted by Gasteiger charge is -2.13. The highest BCUT2D eigenvalue weighted by Gasteiger charge is 2.30. The van der Waals surface area contributed by atoms with Gasteiger partial charge in [0, 0.05) is 10.6 Å². The first-order valence-corrected chi connectivity index (χ1v) is 7.85. The van der Waals surface area contributed by atoms with Crippen LogP contribution in [0.15, 0.2) is 53.4 Å². The van der Waals surface area contributed by atoms with Crippen LogP contribution in [0.1, 0.15) is 18.1 Å². The molecular weight excluding hydrogens is 323 g/mol. The molecule has 0 heterocycles. The van der Waals surface area contributed by atoms with Crippen molar-refractivity contribution in [2.24, 2.45) is 0 Å². The van der Waals surface area contributed by atoms with Gasteiger partial charge in [-0.25, -0.2) is 0 Å². The van der Waals surface area contributed by atoms with Crippen LogP contribution in [0.5, 0.6) is 0 Å². The maximum absolute atomic E-state index is 12.7. The number of hydrogen-bond donors (Lipinski definition) is 1. The fraction of sp³-hybridized carbons (Fsp3) is 0.235. The number of carbonyl (C=O) groups excluding carboxylic acids is 1. The van der Waals surface area contributed by atoms with E-state index < -0.39 is 17.0 Å². The number of aryl methyl sites for hydroxylation is 1. The summed E-state index contributed by atoms with van der Waals surface area (Å²) in [4.78, 5) is 13.1. The zero-order chi connectivity index (χ0) is 17.0. The SMILES string of the molecule is Cc1ccc(S[C@@H](C)C(=O)Nc2cccc(C(F)(F)F)c2)cc1. The lowest BCUT2D eigenvalue weighted by Crippen LogP contribution is -2.22. The molecular formula is C17H16F3NOS. The van der Waals surface area contributed by atoms with Gasteiger partial charge in [0.1, 0.15) is 0 Å². The number of hydrogen-bond acceptors (Lipinski definition) is 2. The zero-order valence-electron chi connectivity index (χ0n) is 12.6. The number of alkyl halides is 3. The topological polar surface area (TPSA) is 29.1 Å². The van der Waals surface area contributed by atoms with Crippen molar-refractivity contribution < 1.29 is 18.0 Å². The summed E-state index contributed by atoms with van der Waals surface area (Å²) in [5.41, 5.74) is 0.478. The molecule has 0 spiro atoms. The molecule has 2 nitrogen and oxygen atoms in total. The van der Waals surface area contributed by atoms with Crippen molar-refractivity contribution in [1.29, 1.82) is 0 Å². The Hall–Kier alpha value is -1.95. The largest absolute Gasteiger partial charge is 0.416 e. The minimum atomic E-state index is -4.43. The lowest BCUT2D eigenvalue weighted by molar-refractivity contribution is -0.137. The van der Waals surface area contributed by atoms with Gasteiger partial charge < -0.3 is 5.32 Å². The van der Waals surface area contributed by atoms with Crippen LogP contribution in [0.3, 0.4) is 0 Å². The summed E-state index contributed by atoms with van der Waals surface area (Å²) in [7, 11) is 0. The summed E-state index contributed by atoms with van der Waals surface area (Å²) in [5.74, 6) is -0.338. The molecule has 0 bridgehead atoms. The van der Waals surface area contributed by atoms with Crippen LogP contribution >= 0.6 is 11.8 Å². The molecule has 0 saturated carbocycles. The minimum absolute atomic E-state index is 0.140. The van der Waals surface area contributed by atoms with E-state index in [0.29, 0.717) is 0 Å². The third-order valence-corrected chi connectivity index (χ3v) is 4.27. The maximum atomic E-state index is 12.7. The number of rotatable bonds is 4. The van der Waals surface area contributed by atoms with E-state index in [0.717, 1.165) is 22.6 Å². The van der Waals surface area contributed by atoms with Gasteiger partial charge in [-0.3, -0.25) is 4.79 Å². The summed E-state index contributed by atoms with van der Waals surface area (Å²) in [6.45, 7) is 3.69. The van der Waals surface area contributed by atoms with Crippen molar-refractivity contribution >= 4 is 23.4 Å². The first kappa shape index (κ1) is 17.4. The Morgan fingerprint density at radius 1 is 1.13 bits per heavy atom. The van der Waals surface area contributed by atoms with E-state index in [1.165, 1.54) is 23.9 Å². The molecule has 6 heteroatoms. The fourth-order valence-electron chi connectivity index (χ4n) is 1.89. The van der Waals surface area contributed by atoms with Crippen molar-refractivity contribution in [3.05, 3.63) is 59.7 Å². The maximum Gasteiger partial charge on any atom is 0.416 e. The molecule has 0 fully saturated rings. The van der Waals surface area contributed by atoms with E-state index >= 15 is 0 Å². The monoisotopic (exact) mass is 339 g/mol. The Morgan fingerprint density at radius 3 is 2.39 bits per heavy atom. The van der Waals surface area contributed by atoms with Crippen molar-refractivity contribution in [1.82, 2.24) is 0 Å². The fourth-order valence-corrected chi connectivity index (χ4v) is 2.76. The Kier molecular flexibility index (Phi) is 5.36. The minimum Gasteiger partial charge on any atom is -0.325 e. The summed E-state index contributed by atoms with van der Waals surface area (Å²) in [6, 6.07) is 12.3. The molecule has 1 atom stereocenters. The number of benzene rings is 2. The summed E-state index contributed by atoms with van der Waals surface area (Å²) >= 11 is 1.36. The number of carbonyl (C=O) groups is 1. The van der Waals surface area contributed by atoms with E-state index in [2.05, 4.69) is 5.32 Å². The number of amides is 1. The first-order valence-electron chi connectivity index (χ1n) is 6.97. The molecule has 0 unspecified atom stereocenters. The Labute approximate surface area is 137 Å². The molecule has 122 valence electrons. The lowest BCUT2D eigenvalue weighted by atomic mass is 10.2. The molecule has 0 saturated heterocycles. The smallest absolute Gasteiger partial charge is 0.325 e. The summed E-state index contributed by atoms with van der Waals surface area (Å²) in [5, 5.41) is 2.10. The van der Waals surface area contributed by atoms with E-state index in [1.54, 1.807) is 6.92 Å². The van der Waals surface area contributed by atoms with E-state index in [4.69, 9.17) is 0 Å². The Bertz CT molecular complexity index is 683. The molecule has 1 amide bonds. The molecule has 0 aromatic heterocycles. The second kappa shape index (κ2) is 7.08. The Morgan fingerprint density at radius 2 is 1.78 bits per heavy atom. The summed E-state index contributed by atoms with van der Waals surface area (Å²) in [6.07, 6.45) is -4.43. The van der Waals surface area contributed by atoms with Crippen molar-refractivity contribution in [2.75, 3.05) is 5.32 Å². The highest BCUT2D eigenvalue weighted by Crippen LogP contribution is 2.31. The molecule has 2 aromatic carbocycles. The van der Waals surface area contributed by atoms with Crippen LogP contribution in [0.2, 0.25) is 0 Å². The van der Waals surface area contributed by atoms with Gasteiger partial charge in [0.15, 0.2) is 0 Å². The second-order valence-electron chi connectivity index (χ2n) is 5.14. The molecule has 0 aliphatic heterocycles. The normalized spacial score (nSPS) is 12.7. The third-order valence-electron chi connectivity index (χ3n) is 3.16. The molecule has 2 rings (SSSR count). The van der Waals surface area contributed by atoms with E-state index in [-0.39, 0.29) is 11.6 Å².